The van der Waals surface area contributed by atoms with Gasteiger partial charge in [-0.15, -0.1) is 0 Å². The normalized spacial score (nSPS) is 14.4. The van der Waals surface area contributed by atoms with Crippen molar-refractivity contribution in [3.63, 3.8) is 0 Å². The number of amides is 1. The topological polar surface area (TPSA) is 111 Å². The molecule has 0 aromatic rings. The zero-order chi connectivity index (χ0) is 49.4. The maximum Gasteiger partial charge on any atom is 0.472 e. The number of unbranched alkanes of at least 4 members (excludes halogenated alkanes) is 22. The third kappa shape index (κ3) is 48.3. The first kappa shape index (κ1) is 64.5. The Labute approximate surface area is 413 Å². The summed E-state index contributed by atoms with van der Waals surface area (Å²) >= 11 is 0. The third-order valence-electron chi connectivity index (χ3n) is 11.6. The van der Waals surface area contributed by atoms with Gasteiger partial charge in [0.05, 0.1) is 33.8 Å². The molecule has 0 saturated heterocycles. The molecular formula is C57H104N2O7P+. The number of quaternary nitrogens is 1. The van der Waals surface area contributed by atoms with Crippen molar-refractivity contribution in [2.24, 2.45) is 0 Å². The number of phosphoric ester groups is 1. The van der Waals surface area contributed by atoms with Gasteiger partial charge in [0.25, 0.3) is 0 Å². The summed E-state index contributed by atoms with van der Waals surface area (Å²) in [5.74, 6) is -0.594. The summed E-state index contributed by atoms with van der Waals surface area (Å²) in [6.45, 7) is 6.90. The minimum atomic E-state index is -4.46. The van der Waals surface area contributed by atoms with Crippen molar-refractivity contribution >= 4 is 19.7 Å². The van der Waals surface area contributed by atoms with Crippen LogP contribution in [0.15, 0.2) is 72.9 Å². The molecule has 1 amide bonds. The Morgan fingerprint density at radius 3 is 1.43 bits per heavy atom. The lowest BCUT2D eigenvalue weighted by Gasteiger charge is -2.27. The molecule has 0 heterocycles. The summed E-state index contributed by atoms with van der Waals surface area (Å²) < 4.78 is 30.5. The highest BCUT2D eigenvalue weighted by Gasteiger charge is 2.30. The molecule has 67 heavy (non-hydrogen) atoms. The van der Waals surface area contributed by atoms with Crippen molar-refractivity contribution in [1.29, 1.82) is 0 Å². The summed E-state index contributed by atoms with van der Waals surface area (Å²) in [4.78, 5) is 37.4. The van der Waals surface area contributed by atoms with Crippen LogP contribution >= 0.6 is 7.82 Å². The Morgan fingerprint density at radius 1 is 0.522 bits per heavy atom. The van der Waals surface area contributed by atoms with E-state index in [4.69, 9.17) is 13.8 Å². The van der Waals surface area contributed by atoms with Crippen molar-refractivity contribution in [2.45, 2.75) is 238 Å². The van der Waals surface area contributed by atoms with Gasteiger partial charge in [-0.05, 0) is 96.0 Å². The lowest BCUT2D eigenvalue weighted by atomic mass is 10.1. The van der Waals surface area contributed by atoms with E-state index >= 15 is 0 Å². The van der Waals surface area contributed by atoms with Gasteiger partial charge in [0.2, 0.25) is 5.91 Å². The maximum absolute atomic E-state index is 13.4. The van der Waals surface area contributed by atoms with Crippen LogP contribution in [0.1, 0.15) is 226 Å². The van der Waals surface area contributed by atoms with Crippen molar-refractivity contribution in [3.05, 3.63) is 72.9 Å². The van der Waals surface area contributed by atoms with E-state index in [1.54, 1.807) is 0 Å². The Bertz CT molecular complexity index is 1380. The maximum atomic E-state index is 13.4. The van der Waals surface area contributed by atoms with Crippen molar-refractivity contribution in [2.75, 3.05) is 40.9 Å². The Morgan fingerprint density at radius 2 is 0.925 bits per heavy atom. The Kier molecular flexibility index (Phi) is 45.3. The summed E-state index contributed by atoms with van der Waals surface area (Å²) in [5, 5.41) is 3.00. The smallest absolute Gasteiger partial charge is 0.456 e. The monoisotopic (exact) mass is 960 g/mol. The van der Waals surface area contributed by atoms with Crippen molar-refractivity contribution in [1.82, 2.24) is 5.32 Å². The highest BCUT2D eigenvalue weighted by atomic mass is 31.2. The second-order valence-electron chi connectivity index (χ2n) is 19.4. The van der Waals surface area contributed by atoms with Crippen LogP contribution in [0.5, 0.6) is 0 Å². The van der Waals surface area contributed by atoms with E-state index in [-0.39, 0.29) is 37.9 Å². The average molecular weight is 960 g/mol. The Balaban J connectivity index is 5.49. The minimum Gasteiger partial charge on any atom is -0.456 e. The quantitative estimate of drug-likeness (QED) is 0.0205. The predicted octanol–water partition coefficient (Wildman–Crippen LogP) is 16.1. The molecule has 3 atom stereocenters. The van der Waals surface area contributed by atoms with Gasteiger partial charge in [0.1, 0.15) is 19.3 Å². The van der Waals surface area contributed by atoms with E-state index in [1.807, 2.05) is 33.3 Å². The zero-order valence-electron chi connectivity index (χ0n) is 44.1. The van der Waals surface area contributed by atoms with Crippen LogP contribution in [0, 0.1) is 0 Å². The molecule has 10 heteroatoms. The molecule has 0 aliphatic heterocycles. The van der Waals surface area contributed by atoms with Gasteiger partial charge in [0.15, 0.2) is 0 Å². The van der Waals surface area contributed by atoms with E-state index in [1.165, 1.54) is 109 Å². The van der Waals surface area contributed by atoms with Gasteiger partial charge in [0, 0.05) is 12.8 Å². The zero-order valence-corrected chi connectivity index (χ0v) is 45.0. The molecule has 2 N–H and O–H groups in total. The largest absolute Gasteiger partial charge is 0.472 e. The summed E-state index contributed by atoms with van der Waals surface area (Å²) in [5.41, 5.74) is 0. The van der Waals surface area contributed by atoms with Gasteiger partial charge in [-0.1, -0.05) is 190 Å². The number of carbonyl (C=O) groups is 2. The first-order valence-electron chi connectivity index (χ1n) is 27.3. The average Bonchev–Trinajstić information content (AvgIpc) is 3.28. The molecule has 0 aromatic heterocycles. The first-order chi connectivity index (χ1) is 32.4. The fraction of sp³-hybridized carbons (Fsp3) is 0.754. The van der Waals surface area contributed by atoms with Crippen LogP contribution in [0.25, 0.3) is 0 Å². The van der Waals surface area contributed by atoms with Crippen LogP contribution < -0.4 is 5.32 Å². The van der Waals surface area contributed by atoms with Gasteiger partial charge in [-0.2, -0.15) is 0 Å². The number of likely N-dealkylation sites (N-methyl/N-ethyl adjacent to an activating group) is 1. The molecule has 0 spiro atoms. The number of nitrogens with zero attached hydrogens (tertiary/aromatic N) is 1. The number of allylic oxidation sites excluding steroid dienone is 11. The van der Waals surface area contributed by atoms with E-state index in [0.29, 0.717) is 23.9 Å². The Hall–Kier alpha value is -2.55. The molecule has 3 unspecified atom stereocenters. The third-order valence-corrected chi connectivity index (χ3v) is 12.6. The number of carbonyl (C=O) groups excluding carboxylic acids is 2. The summed E-state index contributed by atoms with van der Waals surface area (Å²) in [6.07, 6.45) is 59.1. The summed E-state index contributed by atoms with van der Waals surface area (Å²) in [7, 11) is 1.45. The first-order valence-corrected chi connectivity index (χ1v) is 28.8. The van der Waals surface area contributed by atoms with Crippen molar-refractivity contribution in [3.8, 4) is 0 Å². The SMILES string of the molecule is CCCCC/C=C\C/C=C\C/C=C\C/C=C\CCCC(=O)NC(COP(=O)(O)OCC[N+](C)(C)C)C(/C=C\CCCCCCCCCCC)OC(=O)CCCCC/C=C\CCCCCCCC. The molecule has 0 aliphatic carbocycles. The molecule has 0 rings (SSSR count). The molecule has 0 aliphatic rings. The summed E-state index contributed by atoms with van der Waals surface area (Å²) in [6, 6.07) is -0.883. The second-order valence-corrected chi connectivity index (χ2v) is 20.8. The number of ether oxygens (including phenoxy) is 1. The molecule has 9 nitrogen and oxygen atoms in total. The number of esters is 1. The van der Waals surface area contributed by atoms with Gasteiger partial charge >= 0.3 is 13.8 Å². The van der Waals surface area contributed by atoms with Crippen LogP contribution in [0.4, 0.5) is 0 Å². The minimum absolute atomic E-state index is 0.0256. The van der Waals surface area contributed by atoms with Gasteiger partial charge in [-0.3, -0.25) is 18.6 Å². The molecule has 0 radical (unpaired) electrons. The molecule has 0 bridgehead atoms. The number of nitrogens with one attached hydrogen (secondary N) is 1. The van der Waals surface area contributed by atoms with E-state index in [9.17, 15) is 19.0 Å². The number of hydrogen-bond donors (Lipinski definition) is 2. The second kappa shape index (κ2) is 47.1. The lowest BCUT2D eigenvalue weighted by molar-refractivity contribution is -0.870. The van der Waals surface area contributed by atoms with Gasteiger partial charge < -0.3 is 19.4 Å². The van der Waals surface area contributed by atoms with Crippen LogP contribution in [0.2, 0.25) is 0 Å². The van der Waals surface area contributed by atoms with Crippen LogP contribution in [-0.4, -0.2) is 74.3 Å². The molecule has 0 saturated carbocycles. The fourth-order valence-electron chi connectivity index (χ4n) is 7.34. The molecule has 0 aromatic carbocycles. The van der Waals surface area contributed by atoms with Crippen molar-refractivity contribution < 1.29 is 37.3 Å². The fourth-order valence-corrected chi connectivity index (χ4v) is 8.07. The lowest BCUT2D eigenvalue weighted by Crippen LogP contribution is -2.47. The molecule has 0 fully saturated rings. The highest BCUT2D eigenvalue weighted by molar-refractivity contribution is 7.47. The van der Waals surface area contributed by atoms with E-state index in [0.717, 1.165) is 70.6 Å². The van der Waals surface area contributed by atoms with Crippen LogP contribution in [-0.2, 0) is 27.9 Å². The molecule has 388 valence electrons. The number of phosphoric acid groups is 1. The number of rotatable bonds is 48. The predicted molar refractivity (Wildman–Crippen MR) is 286 cm³/mol. The standard InChI is InChI=1S/C57H103N2O7P/c1-7-10-13-16-19-22-25-27-28-29-30-32-34-37-40-43-46-49-56(60)58-54(53-65-67(62,63)64-52-51-59(4,5)6)55(48-45-42-39-36-33-24-21-18-15-12-9-3)66-57(61)50-47-44-41-38-35-31-26-23-20-17-14-11-8-2/h19,22,27-28,30-32,35,37,40,45,48,54-55H,7-18,20-21,23-26,29,33-34,36,38-39,41-44,46-47,49-53H2,1-6H3,(H-,58,60,62,63)/p+1/b22-19-,28-27-,32-30-,35-31-,40-37-,48-45-. The van der Waals surface area contributed by atoms with Crippen LogP contribution in [0.3, 0.4) is 0 Å². The molecular weight excluding hydrogens is 856 g/mol. The highest BCUT2D eigenvalue weighted by Crippen LogP contribution is 2.43. The van der Waals surface area contributed by atoms with Gasteiger partial charge in [-0.25, -0.2) is 4.57 Å². The number of hydrogen-bond acceptors (Lipinski definition) is 6. The van der Waals surface area contributed by atoms with E-state index in [2.05, 4.69) is 86.8 Å². The van der Waals surface area contributed by atoms with E-state index < -0.39 is 20.0 Å².